The van der Waals surface area contributed by atoms with E-state index in [0.29, 0.717) is 11.8 Å². The summed E-state index contributed by atoms with van der Waals surface area (Å²) >= 11 is 0. The first kappa shape index (κ1) is 17.7. The highest BCUT2D eigenvalue weighted by molar-refractivity contribution is 7.91. The van der Waals surface area contributed by atoms with Gasteiger partial charge >= 0.3 is 5.76 Å². The molecule has 0 saturated carbocycles. The van der Waals surface area contributed by atoms with Crippen LogP contribution in [0, 0.1) is 17.0 Å². The highest BCUT2D eigenvalue weighted by Crippen LogP contribution is 2.30. The molecular formula is C14H13F2N3O4S. The number of benzene rings is 1. The summed E-state index contributed by atoms with van der Waals surface area (Å²) in [7, 11) is -4.90. The maximum absolute atomic E-state index is 12.6. The van der Waals surface area contributed by atoms with Gasteiger partial charge < -0.3 is 5.32 Å². The molecular weight excluding hydrogens is 344 g/mol. The minimum Gasteiger partial charge on any atom is -0.374 e. The predicted molar refractivity (Wildman–Crippen MR) is 82.6 cm³/mol. The first-order chi connectivity index (χ1) is 11.2. The van der Waals surface area contributed by atoms with Crippen molar-refractivity contribution in [3.05, 3.63) is 57.9 Å². The van der Waals surface area contributed by atoms with E-state index in [0.717, 1.165) is 17.8 Å². The summed E-state index contributed by atoms with van der Waals surface area (Å²) < 4.78 is 48.0. The summed E-state index contributed by atoms with van der Waals surface area (Å²) in [5.41, 5.74) is 0.789. The lowest BCUT2D eigenvalue weighted by Crippen LogP contribution is -2.12. The number of nitro groups is 1. The van der Waals surface area contributed by atoms with Gasteiger partial charge in [-0.1, -0.05) is 6.07 Å². The van der Waals surface area contributed by atoms with Gasteiger partial charge in [0.1, 0.15) is 5.69 Å². The fourth-order valence-electron chi connectivity index (χ4n) is 1.98. The molecule has 0 fully saturated rings. The molecule has 0 saturated heterocycles. The Bertz CT molecular complexity index is 872. The Balaban J connectivity index is 2.32. The lowest BCUT2D eigenvalue weighted by molar-refractivity contribution is -0.384. The number of anilines is 1. The molecule has 0 radical (unpaired) electrons. The van der Waals surface area contributed by atoms with Crippen LogP contribution in [-0.2, 0) is 16.4 Å². The number of aromatic nitrogens is 1. The third-order valence-corrected chi connectivity index (χ3v) is 4.52. The molecule has 0 unspecified atom stereocenters. The van der Waals surface area contributed by atoms with Gasteiger partial charge in [0.15, 0.2) is 0 Å². The van der Waals surface area contributed by atoms with Crippen molar-refractivity contribution in [2.45, 2.75) is 24.1 Å². The maximum Gasteiger partial charge on any atom is 0.341 e. The van der Waals surface area contributed by atoms with E-state index in [4.69, 9.17) is 0 Å². The molecule has 2 aromatic rings. The zero-order valence-electron chi connectivity index (χ0n) is 12.4. The molecule has 0 aliphatic rings. The normalized spacial score (nSPS) is 11.5. The maximum atomic E-state index is 12.6. The Morgan fingerprint density at radius 2 is 2.00 bits per heavy atom. The number of nitrogens with zero attached hydrogens (tertiary/aromatic N) is 2. The Kier molecular flexibility index (Phi) is 5.07. The van der Waals surface area contributed by atoms with E-state index < -0.39 is 31.1 Å². The number of alkyl halides is 2. The van der Waals surface area contributed by atoms with Gasteiger partial charge in [-0.15, -0.1) is 0 Å². The summed E-state index contributed by atoms with van der Waals surface area (Å²) in [6.07, 6.45) is 0. The second-order valence-electron chi connectivity index (χ2n) is 4.87. The third kappa shape index (κ3) is 3.82. The van der Waals surface area contributed by atoms with Crippen LogP contribution < -0.4 is 5.32 Å². The van der Waals surface area contributed by atoms with Crippen LogP contribution in [0.5, 0.6) is 0 Å². The Labute approximate surface area is 136 Å². The van der Waals surface area contributed by atoms with Crippen LogP contribution in [0.2, 0.25) is 0 Å². The molecule has 1 aromatic carbocycles. The quantitative estimate of drug-likeness (QED) is 0.630. The second-order valence-corrected chi connectivity index (χ2v) is 6.78. The van der Waals surface area contributed by atoms with Crippen molar-refractivity contribution >= 4 is 21.2 Å². The molecule has 24 heavy (non-hydrogen) atoms. The van der Waals surface area contributed by atoms with Gasteiger partial charge in [-0.05, 0) is 31.2 Å². The van der Waals surface area contributed by atoms with Crippen molar-refractivity contribution in [2.24, 2.45) is 0 Å². The van der Waals surface area contributed by atoms with Gasteiger partial charge in [-0.25, -0.2) is 8.42 Å². The van der Waals surface area contributed by atoms with Crippen molar-refractivity contribution in [1.29, 1.82) is 0 Å². The van der Waals surface area contributed by atoms with E-state index in [1.165, 1.54) is 0 Å². The lowest BCUT2D eigenvalue weighted by Gasteiger charge is -2.09. The van der Waals surface area contributed by atoms with Crippen molar-refractivity contribution in [3.63, 3.8) is 0 Å². The average molecular weight is 357 g/mol. The molecule has 0 spiro atoms. The Hall–Kier alpha value is -2.62. The minimum atomic E-state index is -4.90. The first-order valence-corrected chi connectivity index (χ1v) is 8.23. The van der Waals surface area contributed by atoms with E-state index in [1.807, 2.05) is 0 Å². The highest BCUT2D eigenvalue weighted by atomic mass is 32.2. The average Bonchev–Trinajstić information content (AvgIpc) is 2.52. The number of hydrogen-bond acceptors (Lipinski definition) is 6. The number of sulfone groups is 1. The molecule has 7 nitrogen and oxygen atoms in total. The summed E-state index contributed by atoms with van der Waals surface area (Å²) in [5, 5.41) is 13.9. The summed E-state index contributed by atoms with van der Waals surface area (Å²) in [4.78, 5) is 13.7. The zero-order chi connectivity index (χ0) is 17.9. The molecule has 10 heteroatoms. The van der Waals surface area contributed by atoms with Crippen molar-refractivity contribution < 1.29 is 22.1 Å². The lowest BCUT2D eigenvalue weighted by atomic mass is 10.2. The van der Waals surface area contributed by atoms with Crippen LogP contribution in [0.3, 0.4) is 0 Å². The van der Waals surface area contributed by atoms with Gasteiger partial charge in [0.2, 0.25) is 9.84 Å². The van der Waals surface area contributed by atoms with Crippen LogP contribution >= 0.6 is 0 Å². The molecule has 0 aliphatic carbocycles. The SMILES string of the molecule is Cc1cccc(CNc2ccc(S(=O)(=O)C(F)F)cc2[N+](=O)[O-])n1. The summed E-state index contributed by atoms with van der Waals surface area (Å²) in [5.74, 6) is -3.65. The molecule has 128 valence electrons. The number of hydrogen-bond donors (Lipinski definition) is 1. The number of halogens is 2. The molecule has 0 aliphatic heterocycles. The Morgan fingerprint density at radius 3 is 2.58 bits per heavy atom. The molecule has 0 bridgehead atoms. The van der Waals surface area contributed by atoms with E-state index >= 15 is 0 Å². The number of nitrogens with one attached hydrogen (secondary N) is 1. The topological polar surface area (TPSA) is 102 Å². The summed E-state index contributed by atoms with van der Waals surface area (Å²) in [6.45, 7) is 1.94. The smallest absolute Gasteiger partial charge is 0.341 e. The van der Waals surface area contributed by atoms with Gasteiger partial charge in [0.25, 0.3) is 5.69 Å². The van der Waals surface area contributed by atoms with Crippen LogP contribution in [0.15, 0.2) is 41.3 Å². The highest BCUT2D eigenvalue weighted by Gasteiger charge is 2.29. The van der Waals surface area contributed by atoms with Gasteiger partial charge in [-0.2, -0.15) is 8.78 Å². The van der Waals surface area contributed by atoms with Crippen LogP contribution in [0.25, 0.3) is 0 Å². The van der Waals surface area contributed by atoms with Crippen molar-refractivity contribution in [2.75, 3.05) is 5.32 Å². The zero-order valence-corrected chi connectivity index (χ0v) is 13.3. The van der Waals surface area contributed by atoms with Gasteiger partial charge in [0.05, 0.1) is 22.1 Å². The summed E-state index contributed by atoms with van der Waals surface area (Å²) in [6, 6.07) is 7.88. The number of aryl methyl sites for hydroxylation is 1. The first-order valence-electron chi connectivity index (χ1n) is 6.68. The number of pyridine rings is 1. The largest absolute Gasteiger partial charge is 0.374 e. The van der Waals surface area contributed by atoms with E-state index in [-0.39, 0.29) is 12.2 Å². The van der Waals surface area contributed by atoms with Crippen LogP contribution in [0.1, 0.15) is 11.4 Å². The van der Waals surface area contributed by atoms with E-state index in [1.54, 1.807) is 25.1 Å². The van der Waals surface area contributed by atoms with Gasteiger partial charge in [0, 0.05) is 11.8 Å². The van der Waals surface area contributed by atoms with Crippen molar-refractivity contribution in [3.8, 4) is 0 Å². The minimum absolute atomic E-state index is 0.0107. The predicted octanol–water partition coefficient (Wildman–Crippen LogP) is 2.91. The van der Waals surface area contributed by atoms with Crippen LogP contribution in [0.4, 0.5) is 20.2 Å². The molecule has 0 amide bonds. The van der Waals surface area contributed by atoms with E-state index in [2.05, 4.69) is 10.3 Å². The number of rotatable bonds is 6. The fourth-order valence-corrected chi connectivity index (χ4v) is 2.71. The molecule has 1 N–H and O–H groups in total. The molecule has 2 rings (SSSR count). The van der Waals surface area contributed by atoms with E-state index in [9.17, 15) is 27.3 Å². The van der Waals surface area contributed by atoms with Crippen LogP contribution in [-0.4, -0.2) is 24.1 Å². The molecule has 0 atom stereocenters. The molecule has 1 heterocycles. The second kappa shape index (κ2) is 6.87. The van der Waals surface area contributed by atoms with Gasteiger partial charge in [-0.3, -0.25) is 15.1 Å². The third-order valence-electron chi connectivity index (χ3n) is 3.13. The monoisotopic (exact) mass is 357 g/mol. The molecule has 1 aromatic heterocycles. The fraction of sp³-hybridized carbons (Fsp3) is 0.214. The number of nitro benzene ring substituents is 1. The van der Waals surface area contributed by atoms with Crippen molar-refractivity contribution in [1.82, 2.24) is 4.98 Å². The standard InChI is InChI=1S/C14H13F2N3O4S/c1-9-3-2-4-10(18-9)8-17-12-6-5-11(7-13(12)19(20)21)24(22,23)14(15)16/h2-7,14,17H,8H2,1H3. The Morgan fingerprint density at radius 1 is 1.29 bits per heavy atom.